The molecule has 9 heterocycles. The molecule has 3 aromatic heterocycles. The van der Waals surface area contributed by atoms with Crippen molar-refractivity contribution >= 4 is 56.4 Å². The van der Waals surface area contributed by atoms with Crippen molar-refractivity contribution in [3.8, 4) is 41.5 Å². The lowest BCUT2D eigenvalue weighted by Gasteiger charge is -2.35. The molecule has 0 aliphatic carbocycles. The Hall–Kier alpha value is -7.45. The lowest BCUT2D eigenvalue weighted by Crippen LogP contribution is -2.51. The van der Waals surface area contributed by atoms with E-state index in [-0.39, 0.29) is 96.3 Å². The van der Waals surface area contributed by atoms with Crippen LogP contribution in [-0.2, 0) is 26.1 Å². The van der Waals surface area contributed by atoms with Crippen molar-refractivity contribution in [2.24, 2.45) is 7.05 Å². The van der Waals surface area contributed by atoms with Crippen LogP contribution in [0.15, 0.2) is 59.5 Å². The molecule has 3 unspecified atom stereocenters. The summed E-state index contributed by atoms with van der Waals surface area (Å²) in [6, 6.07) is 13.6. The lowest BCUT2D eigenvalue weighted by molar-refractivity contribution is -0.135. The first-order valence-electron chi connectivity index (χ1n) is 27.0. The van der Waals surface area contributed by atoms with E-state index in [4.69, 9.17) is 30.6 Å². The van der Waals surface area contributed by atoms with Crippen LogP contribution in [0.25, 0.3) is 44.0 Å². The normalized spacial score (nSPS) is 23.6. The van der Waals surface area contributed by atoms with Gasteiger partial charge in [0.15, 0.2) is 5.82 Å². The number of hydrogen-bond acceptors (Lipinski definition) is 13. The number of carbonyl (C=O) groups is 3. The highest BCUT2D eigenvalue weighted by Crippen LogP contribution is 2.44. The second-order valence-electron chi connectivity index (χ2n) is 21.5. The predicted octanol–water partition coefficient (Wildman–Crippen LogP) is 6.50. The number of nitrogens with zero attached hydrogens (tertiary/aromatic N) is 8. The lowest BCUT2D eigenvalue weighted by atomic mass is 9.95. The molecular formula is C58H60F2N10O7. The highest BCUT2D eigenvalue weighted by atomic mass is 19.1. The number of anilines is 1. The van der Waals surface area contributed by atoms with Crippen molar-refractivity contribution in [1.82, 2.24) is 44.5 Å². The molecule has 6 aliphatic rings. The zero-order valence-electron chi connectivity index (χ0n) is 43.0. The fourth-order valence-electron chi connectivity index (χ4n) is 12.9. The SMILES string of the molecule is C#Cc1c(F)ccc2cccc(-c3ncc4c(N5CC6CCC(C5)N6)nc(OC[C@@]56CCCN5[C@H](COC(=O)N5CCC(OCCCC#Cc7ccc8c(c7)n(C)c(=O)n8C7CCC(=O)NC7=O)CC5)CC6)nc4c3F)c12. The predicted molar refractivity (Wildman–Crippen MR) is 284 cm³/mol. The number of ether oxygens (including phenoxy) is 3. The van der Waals surface area contributed by atoms with E-state index in [1.165, 1.54) is 15.2 Å². The van der Waals surface area contributed by atoms with Gasteiger partial charge in [0.1, 0.15) is 42.1 Å². The Balaban J connectivity index is 0.645. The van der Waals surface area contributed by atoms with Gasteiger partial charge in [0.05, 0.1) is 33.6 Å². The van der Waals surface area contributed by atoms with Crippen LogP contribution in [0.3, 0.4) is 0 Å². The van der Waals surface area contributed by atoms with Crippen LogP contribution in [0.1, 0.15) is 94.2 Å². The zero-order chi connectivity index (χ0) is 53.0. The number of pyridine rings is 1. The largest absolute Gasteiger partial charge is 0.461 e. The maximum atomic E-state index is 17.2. The standard InChI is InChI=1S/C58H60F2N10O7/c1-3-41-44(59)16-13-36-10-7-11-42(49(36)41)51-50(60)52-43(30-61-51)53(68-31-37-14-15-38(32-68)62-37)65-55(64-52)77-34-58-23-8-25-69(58)39(20-24-58)33-76-57(74)67-26-21-40(22-27-67)75-28-6-4-5-9-35-12-17-45-47(29-35)66(2)56(73)70(45)46-18-19-48(71)63-54(46)72/h1,7,10-13,16-17,29-30,37-40,46,62H,4,6,8,14-15,18-28,31-34H2,2H3,(H,63,71,72)/t37?,38?,39-,46?,58-/m0/s1. The molecule has 5 atom stereocenters. The second-order valence-corrected chi connectivity index (χ2v) is 21.5. The highest BCUT2D eigenvalue weighted by molar-refractivity contribution is 6.02. The van der Waals surface area contributed by atoms with Gasteiger partial charge in [0, 0.05) is 93.5 Å². The number of piperidine rings is 2. The molecule has 77 heavy (non-hydrogen) atoms. The maximum Gasteiger partial charge on any atom is 0.409 e. The van der Waals surface area contributed by atoms with Crippen molar-refractivity contribution in [3.63, 3.8) is 0 Å². The van der Waals surface area contributed by atoms with Crippen LogP contribution in [0, 0.1) is 35.8 Å². The number of amides is 3. The third-order valence-electron chi connectivity index (χ3n) is 16.8. The number of fused-ring (bicyclic) bond motifs is 6. The molecule has 2 bridgehead atoms. The number of nitrogens with one attached hydrogen (secondary N) is 2. The van der Waals surface area contributed by atoms with Crippen molar-refractivity contribution in [2.75, 3.05) is 57.4 Å². The van der Waals surface area contributed by atoms with E-state index in [1.807, 2.05) is 18.2 Å². The minimum atomic E-state index is -0.741. The molecule has 19 heteroatoms. The zero-order valence-corrected chi connectivity index (χ0v) is 43.0. The molecule has 0 saturated carbocycles. The Morgan fingerprint density at radius 1 is 0.948 bits per heavy atom. The number of imide groups is 1. The third kappa shape index (κ3) is 9.52. The van der Waals surface area contributed by atoms with Crippen molar-refractivity contribution in [3.05, 3.63) is 88.0 Å². The molecule has 0 spiro atoms. The van der Waals surface area contributed by atoms with Gasteiger partial charge in [0.25, 0.3) is 0 Å². The molecular weight excluding hydrogens is 987 g/mol. The molecule has 17 nitrogen and oxygen atoms in total. The summed E-state index contributed by atoms with van der Waals surface area (Å²) in [6.07, 6.45) is 15.9. The monoisotopic (exact) mass is 1050 g/mol. The van der Waals surface area contributed by atoms with E-state index in [1.54, 1.807) is 42.4 Å². The summed E-state index contributed by atoms with van der Waals surface area (Å²) in [5.74, 6) is 7.38. The van der Waals surface area contributed by atoms with Gasteiger partial charge in [-0.25, -0.2) is 18.4 Å². The van der Waals surface area contributed by atoms with Gasteiger partial charge < -0.3 is 29.3 Å². The Kier molecular flexibility index (Phi) is 13.6. The van der Waals surface area contributed by atoms with E-state index in [0.717, 1.165) is 57.1 Å². The van der Waals surface area contributed by atoms with E-state index in [2.05, 4.69) is 43.2 Å². The second kappa shape index (κ2) is 20.8. The molecule has 3 aromatic carbocycles. The first-order valence-corrected chi connectivity index (χ1v) is 27.0. The summed E-state index contributed by atoms with van der Waals surface area (Å²) in [4.78, 5) is 71.5. The topological polar surface area (TPSA) is 178 Å². The van der Waals surface area contributed by atoms with E-state index < -0.39 is 23.6 Å². The number of imidazole rings is 1. The van der Waals surface area contributed by atoms with Crippen molar-refractivity contribution < 1.29 is 37.4 Å². The minimum Gasteiger partial charge on any atom is -0.461 e. The van der Waals surface area contributed by atoms with Crippen molar-refractivity contribution in [2.45, 2.75) is 113 Å². The van der Waals surface area contributed by atoms with Gasteiger partial charge >= 0.3 is 17.8 Å². The number of benzene rings is 3. The summed E-state index contributed by atoms with van der Waals surface area (Å²) in [5, 5.41) is 7.54. The van der Waals surface area contributed by atoms with Crippen LogP contribution in [-0.4, -0.2) is 134 Å². The van der Waals surface area contributed by atoms with Gasteiger partial charge in [-0.1, -0.05) is 42.0 Å². The summed E-state index contributed by atoms with van der Waals surface area (Å²) in [5.41, 5.74) is 1.87. The van der Waals surface area contributed by atoms with Crippen LogP contribution in [0.2, 0.25) is 0 Å². The number of likely N-dealkylation sites (tertiary alicyclic amines) is 1. The number of aromatic nitrogens is 5. The fourth-order valence-corrected chi connectivity index (χ4v) is 12.9. The van der Waals surface area contributed by atoms with Gasteiger partial charge in [-0.15, -0.1) is 6.42 Å². The van der Waals surface area contributed by atoms with Crippen LogP contribution in [0.5, 0.6) is 6.01 Å². The van der Waals surface area contributed by atoms with Gasteiger partial charge in [-0.05, 0) is 100 Å². The smallest absolute Gasteiger partial charge is 0.409 e. The Labute approximate surface area is 443 Å². The minimum absolute atomic E-state index is 0.00966. The summed E-state index contributed by atoms with van der Waals surface area (Å²) >= 11 is 0. The maximum absolute atomic E-state index is 17.2. The molecule has 6 aromatic rings. The quantitative estimate of drug-likeness (QED) is 0.0772. The number of rotatable bonds is 12. The van der Waals surface area contributed by atoms with E-state index in [0.29, 0.717) is 90.6 Å². The molecule has 6 saturated heterocycles. The average molecular weight is 1050 g/mol. The van der Waals surface area contributed by atoms with Crippen molar-refractivity contribution in [1.29, 1.82) is 0 Å². The fraction of sp³-hybridized carbons (Fsp3) is 0.466. The molecule has 12 rings (SSSR count). The Morgan fingerprint density at radius 3 is 2.58 bits per heavy atom. The number of unbranched alkanes of at least 4 members (excludes halogenated alkanes) is 1. The number of piperazine rings is 1. The average Bonchev–Trinajstić information content (AvgIpc) is 4.29. The number of terminal acetylenes is 1. The highest BCUT2D eigenvalue weighted by Gasteiger charge is 2.50. The molecule has 2 N–H and O–H groups in total. The summed E-state index contributed by atoms with van der Waals surface area (Å²) < 4.78 is 54.0. The molecule has 3 amide bonds. The Morgan fingerprint density at radius 2 is 1.78 bits per heavy atom. The number of aryl methyl sites for hydroxylation is 1. The molecule has 6 aliphatic heterocycles. The first kappa shape index (κ1) is 50.4. The Bertz CT molecular complexity index is 3510. The van der Waals surface area contributed by atoms with Crippen LogP contribution < -0.4 is 26.0 Å². The van der Waals surface area contributed by atoms with Crippen LogP contribution >= 0.6 is 0 Å². The van der Waals surface area contributed by atoms with Crippen LogP contribution in [0.4, 0.5) is 19.4 Å². The first-order chi connectivity index (χ1) is 37.4. The molecule has 6 fully saturated rings. The summed E-state index contributed by atoms with van der Waals surface area (Å²) in [6.45, 7) is 4.41. The van der Waals surface area contributed by atoms with E-state index in [9.17, 15) is 19.2 Å². The van der Waals surface area contributed by atoms with Gasteiger partial charge in [-0.2, -0.15) is 9.97 Å². The van der Waals surface area contributed by atoms with E-state index >= 15 is 8.78 Å². The summed E-state index contributed by atoms with van der Waals surface area (Å²) in [7, 11) is 1.66. The van der Waals surface area contributed by atoms with Gasteiger partial charge in [0.2, 0.25) is 11.8 Å². The number of carbonyl (C=O) groups excluding carboxylic acids is 3. The molecule has 0 radical (unpaired) electrons. The molecule has 398 valence electrons. The third-order valence-corrected chi connectivity index (χ3v) is 16.8. The number of hydrogen-bond donors (Lipinski definition) is 2. The number of halogens is 2. The van der Waals surface area contributed by atoms with Gasteiger partial charge in [-0.3, -0.25) is 33.9 Å².